The van der Waals surface area contributed by atoms with E-state index in [4.69, 9.17) is 0 Å². The first-order valence-corrected chi connectivity index (χ1v) is 10.3. The summed E-state index contributed by atoms with van der Waals surface area (Å²) >= 11 is 0. The summed E-state index contributed by atoms with van der Waals surface area (Å²) in [5.41, 5.74) is 1.55. The lowest BCUT2D eigenvalue weighted by Gasteiger charge is -2.47. The number of aryl methyl sites for hydroxylation is 1. The number of rotatable bonds is 4. The van der Waals surface area contributed by atoms with E-state index in [-0.39, 0.29) is 36.8 Å². The highest BCUT2D eigenvalue weighted by molar-refractivity contribution is 5.59. The fourth-order valence-electron chi connectivity index (χ4n) is 4.73. The minimum absolute atomic E-state index is 0.0316. The summed E-state index contributed by atoms with van der Waals surface area (Å²) < 4.78 is 42.4. The van der Waals surface area contributed by atoms with Crippen molar-refractivity contribution >= 4 is 17.5 Å². The van der Waals surface area contributed by atoms with Crippen LogP contribution in [0, 0.1) is 24.1 Å². The van der Waals surface area contributed by atoms with Crippen molar-refractivity contribution in [2.45, 2.75) is 63.6 Å². The number of alkyl halides is 2. The topological polar surface area (TPSA) is 76.9 Å². The zero-order chi connectivity index (χ0) is 22.4. The summed E-state index contributed by atoms with van der Waals surface area (Å²) in [6.07, 6.45) is 1.98. The second-order valence-corrected chi connectivity index (χ2v) is 9.09. The van der Waals surface area contributed by atoms with Crippen LogP contribution in [0.25, 0.3) is 0 Å². The Labute approximate surface area is 179 Å². The molecule has 164 valence electrons. The van der Waals surface area contributed by atoms with E-state index in [9.17, 15) is 18.4 Å². The number of fused-ring (bicyclic) bond motifs is 1. The van der Waals surface area contributed by atoms with Crippen LogP contribution in [-0.2, 0) is 0 Å². The molecule has 0 bridgehead atoms. The average Bonchev–Trinajstić information content (AvgIpc) is 3.01. The zero-order valence-corrected chi connectivity index (χ0v) is 17.7. The van der Waals surface area contributed by atoms with E-state index in [1.165, 1.54) is 0 Å². The minimum atomic E-state index is -2.69. The molecule has 2 aromatic rings. The van der Waals surface area contributed by atoms with Crippen LogP contribution in [0.4, 0.5) is 30.6 Å². The van der Waals surface area contributed by atoms with Crippen LogP contribution in [0.1, 0.15) is 44.2 Å². The number of hydrogen-bond donors (Lipinski definition) is 2. The van der Waals surface area contributed by atoms with E-state index in [2.05, 4.69) is 26.7 Å². The second kappa shape index (κ2) is 7.68. The van der Waals surface area contributed by atoms with E-state index >= 15 is 0 Å². The smallest absolute Gasteiger partial charge is 0.262 e. The second-order valence-electron chi connectivity index (χ2n) is 9.09. The molecule has 2 atom stereocenters. The number of anilines is 3. The van der Waals surface area contributed by atoms with Gasteiger partial charge >= 0.3 is 0 Å². The number of hydrogen-bond acceptors (Lipinski definition) is 6. The van der Waals surface area contributed by atoms with Crippen molar-refractivity contribution in [1.29, 1.82) is 5.26 Å². The fraction of sp³-hybridized carbons (Fsp3) is 0.500. The van der Waals surface area contributed by atoms with E-state index in [0.29, 0.717) is 24.1 Å². The molecule has 9 heteroatoms. The fourth-order valence-corrected chi connectivity index (χ4v) is 4.73. The molecular formula is C22H25F3N6. The van der Waals surface area contributed by atoms with Gasteiger partial charge in [-0.3, -0.25) is 4.90 Å². The van der Waals surface area contributed by atoms with E-state index in [0.717, 1.165) is 11.8 Å². The van der Waals surface area contributed by atoms with Gasteiger partial charge in [-0.25, -0.2) is 18.2 Å². The summed E-state index contributed by atoms with van der Waals surface area (Å²) in [6.45, 7) is 5.51. The molecule has 3 heterocycles. The summed E-state index contributed by atoms with van der Waals surface area (Å²) in [5, 5.41) is 15.3. The van der Waals surface area contributed by atoms with Crippen LogP contribution in [-0.4, -0.2) is 45.0 Å². The van der Waals surface area contributed by atoms with Crippen molar-refractivity contribution in [2.24, 2.45) is 0 Å². The number of piperidine rings is 1. The van der Waals surface area contributed by atoms with E-state index in [1.54, 1.807) is 18.2 Å². The van der Waals surface area contributed by atoms with Crippen molar-refractivity contribution in [3.05, 3.63) is 41.3 Å². The van der Waals surface area contributed by atoms with Gasteiger partial charge in [-0.2, -0.15) is 10.2 Å². The first-order valence-electron chi connectivity index (χ1n) is 10.3. The summed E-state index contributed by atoms with van der Waals surface area (Å²) in [6, 6.07) is 6.94. The van der Waals surface area contributed by atoms with Gasteiger partial charge in [0.1, 0.15) is 0 Å². The van der Waals surface area contributed by atoms with Gasteiger partial charge < -0.3 is 10.6 Å². The van der Waals surface area contributed by atoms with Gasteiger partial charge in [0.15, 0.2) is 11.6 Å². The molecule has 2 fully saturated rings. The molecular weight excluding hydrogens is 405 g/mol. The van der Waals surface area contributed by atoms with Crippen LogP contribution in [0.15, 0.2) is 24.4 Å². The third-order valence-corrected chi connectivity index (χ3v) is 6.16. The number of nitrogens with one attached hydrogen (secondary N) is 2. The lowest BCUT2D eigenvalue weighted by Crippen LogP contribution is -2.55. The van der Waals surface area contributed by atoms with Crippen molar-refractivity contribution < 1.29 is 13.2 Å². The largest absolute Gasteiger partial charge is 0.365 e. The Morgan fingerprint density at radius 3 is 2.77 bits per heavy atom. The average molecular weight is 430 g/mol. The number of nitrogens with zero attached hydrogens (tertiary/aromatic N) is 4. The zero-order valence-electron chi connectivity index (χ0n) is 17.7. The van der Waals surface area contributed by atoms with Gasteiger partial charge in [-0.15, -0.1) is 0 Å². The Hall–Kier alpha value is -2.86. The maximum atomic E-state index is 14.4. The molecule has 0 unspecified atom stereocenters. The molecule has 6 nitrogen and oxygen atoms in total. The van der Waals surface area contributed by atoms with Gasteiger partial charge in [0.2, 0.25) is 5.95 Å². The number of aromatic nitrogens is 2. The maximum Gasteiger partial charge on any atom is 0.262 e. The first-order chi connectivity index (χ1) is 14.6. The van der Waals surface area contributed by atoms with Crippen LogP contribution >= 0.6 is 0 Å². The molecule has 0 radical (unpaired) electrons. The lowest BCUT2D eigenvalue weighted by molar-refractivity contribution is -0.00687. The quantitative estimate of drug-likeness (QED) is 0.738. The number of nitriles is 1. The van der Waals surface area contributed by atoms with Crippen molar-refractivity contribution in [1.82, 2.24) is 14.9 Å². The van der Waals surface area contributed by atoms with Gasteiger partial charge in [-0.1, -0.05) is 6.07 Å². The number of halogens is 3. The standard InChI is InChI=1S/C22H25F3N6/c1-13-4-5-15(6-14(13)10-26)29-20-27-11-18(23)19(30-20)28-16-7-17-9-22(24,25)12-31(17)21(2,3)8-16/h4-6,11,16-17H,7-9,12H2,1-3H3,(H2,27,28,29,30)/t16-,17+/m0/s1. The molecule has 0 saturated carbocycles. The predicted molar refractivity (Wildman–Crippen MR) is 112 cm³/mol. The van der Waals surface area contributed by atoms with Crippen molar-refractivity contribution in [3.63, 3.8) is 0 Å². The Kier molecular flexibility index (Phi) is 5.30. The van der Waals surface area contributed by atoms with E-state index < -0.39 is 17.3 Å². The Morgan fingerprint density at radius 2 is 2.03 bits per heavy atom. The molecule has 2 saturated heterocycles. The van der Waals surface area contributed by atoms with Gasteiger partial charge in [0, 0.05) is 29.7 Å². The normalized spacial score (nSPS) is 24.3. The third-order valence-electron chi connectivity index (χ3n) is 6.16. The maximum absolute atomic E-state index is 14.4. The van der Waals surface area contributed by atoms with Gasteiger partial charge in [-0.05, 0) is 51.3 Å². The molecule has 2 aliphatic heterocycles. The SMILES string of the molecule is Cc1ccc(Nc2ncc(F)c(N[C@H]3C[C@@H]4CC(F)(F)CN4C(C)(C)C3)n2)cc1C#N. The lowest BCUT2D eigenvalue weighted by atomic mass is 9.84. The van der Waals surface area contributed by atoms with Crippen LogP contribution in [0.2, 0.25) is 0 Å². The first kappa shape index (κ1) is 21.4. The van der Waals surface area contributed by atoms with Crippen LogP contribution < -0.4 is 10.6 Å². The molecule has 0 aliphatic carbocycles. The predicted octanol–water partition coefficient (Wildman–Crippen LogP) is 4.60. The van der Waals surface area contributed by atoms with Gasteiger partial charge in [0.25, 0.3) is 5.92 Å². The molecule has 31 heavy (non-hydrogen) atoms. The molecule has 4 rings (SSSR count). The molecule has 2 N–H and O–H groups in total. The minimum Gasteiger partial charge on any atom is -0.365 e. The van der Waals surface area contributed by atoms with Crippen molar-refractivity contribution in [2.75, 3.05) is 17.2 Å². The highest BCUT2D eigenvalue weighted by Gasteiger charge is 2.53. The van der Waals surface area contributed by atoms with Crippen molar-refractivity contribution in [3.8, 4) is 6.07 Å². The highest BCUT2D eigenvalue weighted by Crippen LogP contribution is 2.44. The van der Waals surface area contributed by atoms with Crippen LogP contribution in [0.3, 0.4) is 0 Å². The monoisotopic (exact) mass is 430 g/mol. The van der Waals surface area contributed by atoms with Crippen LogP contribution in [0.5, 0.6) is 0 Å². The summed E-state index contributed by atoms with van der Waals surface area (Å²) in [5.74, 6) is -3.08. The number of benzene rings is 1. The molecule has 0 amide bonds. The molecule has 0 spiro atoms. The summed E-state index contributed by atoms with van der Waals surface area (Å²) in [7, 11) is 0. The van der Waals surface area contributed by atoms with E-state index in [1.807, 2.05) is 25.7 Å². The molecule has 1 aromatic carbocycles. The Morgan fingerprint density at radius 1 is 1.26 bits per heavy atom. The molecule has 2 aliphatic rings. The summed E-state index contributed by atoms with van der Waals surface area (Å²) in [4.78, 5) is 10.1. The Bertz CT molecular complexity index is 1030. The highest BCUT2D eigenvalue weighted by atomic mass is 19.3. The van der Waals surface area contributed by atoms with Gasteiger partial charge in [0.05, 0.1) is 24.4 Å². The third kappa shape index (κ3) is 4.44. The Balaban J connectivity index is 1.51. The molecule has 1 aromatic heterocycles.